The molecule has 2 aromatic carbocycles. The number of methoxy groups -OCH3 is 2. The van der Waals surface area contributed by atoms with Crippen LogP contribution in [-0.2, 0) is 9.59 Å². The maximum Gasteiger partial charge on any atom is 0.239 e. The highest BCUT2D eigenvalue weighted by Crippen LogP contribution is 2.31. The molecule has 1 N–H and O–H groups in total. The van der Waals surface area contributed by atoms with Crippen molar-refractivity contribution in [1.82, 2.24) is 0 Å². The van der Waals surface area contributed by atoms with Crippen LogP contribution in [0.4, 0.5) is 11.4 Å². The zero-order valence-electron chi connectivity index (χ0n) is 16.0. The molecule has 1 unspecified atom stereocenters. The van der Waals surface area contributed by atoms with E-state index in [0.29, 0.717) is 30.2 Å². The Morgan fingerprint density at radius 1 is 1.11 bits per heavy atom. The molecule has 0 spiro atoms. The summed E-state index contributed by atoms with van der Waals surface area (Å²) >= 11 is 0. The van der Waals surface area contributed by atoms with Crippen LogP contribution < -0.4 is 19.7 Å². The smallest absolute Gasteiger partial charge is 0.239 e. The Hall–Kier alpha value is -3.02. The molecule has 6 heteroatoms. The number of ether oxygens (including phenoxy) is 2. The number of carbonyl (C=O) groups excluding carboxylic acids is 2. The van der Waals surface area contributed by atoms with Gasteiger partial charge in [-0.15, -0.1) is 0 Å². The van der Waals surface area contributed by atoms with Crippen molar-refractivity contribution in [3.05, 3.63) is 47.5 Å². The Labute approximate surface area is 159 Å². The SMILES string of the molecule is COc1cc(NC(=O)C2CCN(c3cccc(C)c3C)C2=O)cc(OC)c1. The van der Waals surface area contributed by atoms with Gasteiger partial charge in [0.25, 0.3) is 0 Å². The number of hydrogen-bond donors (Lipinski definition) is 1. The average molecular weight is 368 g/mol. The summed E-state index contributed by atoms with van der Waals surface area (Å²) in [5.74, 6) is -0.0555. The molecular weight excluding hydrogens is 344 g/mol. The van der Waals surface area contributed by atoms with Crippen LogP contribution in [0, 0.1) is 19.8 Å². The third-order valence-electron chi connectivity index (χ3n) is 5.01. The second-order valence-electron chi connectivity index (χ2n) is 6.64. The molecular formula is C21H24N2O4. The van der Waals surface area contributed by atoms with E-state index < -0.39 is 5.92 Å². The summed E-state index contributed by atoms with van der Waals surface area (Å²) < 4.78 is 10.4. The quantitative estimate of drug-likeness (QED) is 0.822. The zero-order chi connectivity index (χ0) is 19.6. The van der Waals surface area contributed by atoms with Crippen molar-refractivity contribution in [1.29, 1.82) is 0 Å². The van der Waals surface area contributed by atoms with Gasteiger partial charge in [-0.2, -0.15) is 0 Å². The van der Waals surface area contributed by atoms with Gasteiger partial charge in [0.2, 0.25) is 11.8 Å². The lowest BCUT2D eigenvalue weighted by atomic mass is 10.1. The summed E-state index contributed by atoms with van der Waals surface area (Å²) in [6.07, 6.45) is 0.485. The zero-order valence-corrected chi connectivity index (χ0v) is 16.0. The lowest BCUT2D eigenvalue weighted by Crippen LogP contribution is -2.33. The van der Waals surface area contributed by atoms with Gasteiger partial charge in [-0.1, -0.05) is 12.1 Å². The molecule has 27 heavy (non-hydrogen) atoms. The second kappa shape index (κ2) is 7.70. The van der Waals surface area contributed by atoms with Crippen molar-refractivity contribution in [2.24, 2.45) is 5.92 Å². The van der Waals surface area contributed by atoms with Gasteiger partial charge >= 0.3 is 0 Å². The van der Waals surface area contributed by atoms with Gasteiger partial charge in [0.15, 0.2) is 0 Å². The monoisotopic (exact) mass is 368 g/mol. The largest absolute Gasteiger partial charge is 0.497 e. The topological polar surface area (TPSA) is 67.9 Å². The van der Waals surface area contributed by atoms with E-state index in [4.69, 9.17) is 9.47 Å². The number of anilines is 2. The van der Waals surface area contributed by atoms with Crippen LogP contribution in [0.2, 0.25) is 0 Å². The summed E-state index contributed by atoms with van der Waals surface area (Å²) in [6.45, 7) is 4.54. The van der Waals surface area contributed by atoms with Crippen LogP contribution in [0.5, 0.6) is 11.5 Å². The number of nitrogens with one attached hydrogen (secondary N) is 1. The minimum Gasteiger partial charge on any atom is -0.497 e. The molecule has 0 radical (unpaired) electrons. The number of benzene rings is 2. The van der Waals surface area contributed by atoms with E-state index in [1.54, 1.807) is 37.3 Å². The van der Waals surface area contributed by atoms with Crippen molar-refractivity contribution in [2.75, 3.05) is 31.0 Å². The average Bonchev–Trinajstić information content (AvgIpc) is 3.05. The lowest BCUT2D eigenvalue weighted by Gasteiger charge is -2.20. The summed E-state index contributed by atoms with van der Waals surface area (Å²) in [5.41, 5.74) is 3.59. The van der Waals surface area contributed by atoms with E-state index in [2.05, 4.69) is 5.32 Å². The molecule has 1 aliphatic rings. The highest BCUT2D eigenvalue weighted by atomic mass is 16.5. The first-order chi connectivity index (χ1) is 12.9. The fourth-order valence-electron chi connectivity index (χ4n) is 3.30. The first-order valence-corrected chi connectivity index (χ1v) is 8.86. The van der Waals surface area contributed by atoms with E-state index in [0.717, 1.165) is 16.8 Å². The lowest BCUT2D eigenvalue weighted by molar-refractivity contribution is -0.129. The van der Waals surface area contributed by atoms with Crippen LogP contribution >= 0.6 is 0 Å². The normalized spacial score (nSPS) is 16.4. The third kappa shape index (κ3) is 3.74. The minimum absolute atomic E-state index is 0.170. The van der Waals surface area contributed by atoms with E-state index in [1.165, 1.54) is 0 Å². The maximum absolute atomic E-state index is 12.9. The van der Waals surface area contributed by atoms with Gasteiger partial charge in [-0.25, -0.2) is 0 Å². The number of hydrogen-bond acceptors (Lipinski definition) is 4. The standard InChI is InChI=1S/C21H24N2O4/c1-13-6-5-7-19(14(13)2)23-9-8-18(21(23)25)20(24)22-15-10-16(26-3)12-17(11-15)27-4/h5-7,10-12,18H,8-9H2,1-4H3,(H,22,24). The fraction of sp³-hybridized carbons (Fsp3) is 0.333. The van der Waals surface area contributed by atoms with Crippen molar-refractivity contribution < 1.29 is 19.1 Å². The first-order valence-electron chi connectivity index (χ1n) is 8.86. The summed E-state index contributed by atoms with van der Waals surface area (Å²) in [6, 6.07) is 11.0. The molecule has 0 saturated carbocycles. The third-order valence-corrected chi connectivity index (χ3v) is 5.01. The van der Waals surface area contributed by atoms with Crippen LogP contribution in [0.25, 0.3) is 0 Å². The van der Waals surface area contributed by atoms with Crippen LogP contribution in [0.15, 0.2) is 36.4 Å². The Kier molecular flexibility index (Phi) is 5.35. The van der Waals surface area contributed by atoms with Crippen molar-refractivity contribution in [3.8, 4) is 11.5 Å². The van der Waals surface area contributed by atoms with Crippen LogP contribution in [0.1, 0.15) is 17.5 Å². The second-order valence-corrected chi connectivity index (χ2v) is 6.64. The first kappa shape index (κ1) is 18.8. The highest BCUT2D eigenvalue weighted by Gasteiger charge is 2.38. The van der Waals surface area contributed by atoms with Crippen LogP contribution in [-0.4, -0.2) is 32.6 Å². The van der Waals surface area contributed by atoms with Gasteiger partial charge in [0.05, 0.1) is 14.2 Å². The number of nitrogens with zero attached hydrogens (tertiary/aromatic N) is 1. The van der Waals surface area contributed by atoms with Crippen molar-refractivity contribution in [3.63, 3.8) is 0 Å². The Bertz CT molecular complexity index is 856. The highest BCUT2D eigenvalue weighted by molar-refractivity contribution is 6.13. The molecule has 1 saturated heterocycles. The Morgan fingerprint density at radius 3 is 2.41 bits per heavy atom. The van der Waals surface area contributed by atoms with E-state index in [1.807, 2.05) is 32.0 Å². The molecule has 1 fully saturated rings. The Morgan fingerprint density at radius 2 is 1.78 bits per heavy atom. The molecule has 1 heterocycles. The molecule has 3 rings (SSSR count). The maximum atomic E-state index is 12.9. The molecule has 0 aliphatic carbocycles. The molecule has 6 nitrogen and oxygen atoms in total. The van der Waals surface area contributed by atoms with Crippen LogP contribution in [0.3, 0.4) is 0 Å². The fourth-order valence-corrected chi connectivity index (χ4v) is 3.30. The molecule has 2 aromatic rings. The number of rotatable bonds is 5. The summed E-state index contributed by atoms with van der Waals surface area (Å²) in [4.78, 5) is 27.3. The molecule has 0 bridgehead atoms. The summed E-state index contributed by atoms with van der Waals surface area (Å²) in [7, 11) is 3.09. The molecule has 1 atom stereocenters. The van der Waals surface area contributed by atoms with Gasteiger partial charge in [0.1, 0.15) is 17.4 Å². The predicted octanol–water partition coefficient (Wildman–Crippen LogP) is 3.31. The van der Waals surface area contributed by atoms with Gasteiger partial charge in [-0.05, 0) is 37.5 Å². The van der Waals surface area contributed by atoms with E-state index in [9.17, 15) is 9.59 Å². The summed E-state index contributed by atoms with van der Waals surface area (Å²) in [5, 5.41) is 2.82. The predicted molar refractivity (Wildman–Crippen MR) is 105 cm³/mol. The van der Waals surface area contributed by atoms with Gasteiger partial charge in [0, 0.05) is 36.1 Å². The van der Waals surface area contributed by atoms with Crippen molar-refractivity contribution in [2.45, 2.75) is 20.3 Å². The number of carbonyl (C=O) groups is 2. The number of aryl methyl sites for hydroxylation is 1. The van der Waals surface area contributed by atoms with E-state index >= 15 is 0 Å². The van der Waals surface area contributed by atoms with Gasteiger partial charge < -0.3 is 19.7 Å². The van der Waals surface area contributed by atoms with Gasteiger partial charge in [-0.3, -0.25) is 9.59 Å². The Balaban J connectivity index is 1.77. The van der Waals surface area contributed by atoms with Crippen molar-refractivity contribution >= 4 is 23.2 Å². The molecule has 142 valence electrons. The minimum atomic E-state index is -0.706. The molecule has 0 aromatic heterocycles. The number of amides is 2. The van der Waals surface area contributed by atoms with E-state index in [-0.39, 0.29) is 11.8 Å². The molecule has 2 amide bonds. The molecule has 1 aliphatic heterocycles.